The number of pyridine rings is 1. The summed E-state index contributed by atoms with van der Waals surface area (Å²) >= 11 is 1.90. The van der Waals surface area contributed by atoms with Crippen LogP contribution in [0.25, 0.3) is 0 Å². The minimum atomic E-state index is 0.100. The van der Waals surface area contributed by atoms with E-state index < -0.39 is 0 Å². The van der Waals surface area contributed by atoms with Gasteiger partial charge >= 0.3 is 0 Å². The van der Waals surface area contributed by atoms with Crippen LogP contribution in [0, 0.1) is 0 Å². The van der Waals surface area contributed by atoms with Crippen LogP contribution in [0.5, 0.6) is 0 Å². The fraction of sp³-hybridized carbons (Fsp3) is 0.625. The predicted octanol–water partition coefficient (Wildman–Crippen LogP) is 1.88. The molecule has 2 aliphatic heterocycles. The van der Waals surface area contributed by atoms with Crippen molar-refractivity contribution in [1.29, 1.82) is 0 Å². The number of rotatable bonds is 2. The molecule has 0 aliphatic carbocycles. The second-order valence-corrected chi connectivity index (χ2v) is 7.20. The molecule has 2 aliphatic rings. The molecule has 2 saturated heterocycles. The summed E-state index contributed by atoms with van der Waals surface area (Å²) in [5.74, 6) is 3.08. The van der Waals surface area contributed by atoms with Crippen molar-refractivity contribution >= 4 is 23.5 Å². The zero-order chi connectivity index (χ0) is 15.5. The number of hydrogen-bond acceptors (Lipinski definition) is 5. The number of nitrogens with zero attached hydrogens (tertiary/aromatic N) is 3. The van der Waals surface area contributed by atoms with E-state index in [0.717, 1.165) is 43.5 Å². The molecule has 1 amide bonds. The van der Waals surface area contributed by atoms with Gasteiger partial charge in [0.25, 0.3) is 5.91 Å². The lowest BCUT2D eigenvalue weighted by atomic mass is 10.2. The van der Waals surface area contributed by atoms with Crippen LogP contribution >= 0.6 is 11.8 Å². The average molecular weight is 321 g/mol. The van der Waals surface area contributed by atoms with Crippen LogP contribution in [0.2, 0.25) is 0 Å². The molecule has 1 aromatic rings. The first-order chi connectivity index (χ1) is 10.6. The highest BCUT2D eigenvalue weighted by Gasteiger charge is 2.24. The summed E-state index contributed by atoms with van der Waals surface area (Å²) in [5.41, 5.74) is 0.685. The Balaban J connectivity index is 1.68. The van der Waals surface area contributed by atoms with Gasteiger partial charge in [-0.25, -0.2) is 4.98 Å². The van der Waals surface area contributed by atoms with Crippen LogP contribution in [0.15, 0.2) is 18.3 Å². The fourth-order valence-corrected chi connectivity index (χ4v) is 3.92. The molecule has 0 N–H and O–H groups in total. The Bertz CT molecular complexity index is 507. The van der Waals surface area contributed by atoms with Gasteiger partial charge in [0.05, 0.1) is 17.8 Å². The third kappa shape index (κ3) is 3.55. The lowest BCUT2D eigenvalue weighted by Crippen LogP contribution is -2.45. The lowest BCUT2D eigenvalue weighted by molar-refractivity contribution is -0.00546. The zero-order valence-corrected chi connectivity index (χ0v) is 14.0. The van der Waals surface area contributed by atoms with Crippen LogP contribution in [0.1, 0.15) is 24.2 Å². The van der Waals surface area contributed by atoms with Gasteiger partial charge in [0.1, 0.15) is 5.82 Å². The molecule has 0 bridgehead atoms. The van der Waals surface area contributed by atoms with Crippen LogP contribution < -0.4 is 4.90 Å². The molecule has 2 atom stereocenters. The number of carbonyl (C=O) groups excluding carboxylic acids is 1. The number of carbonyl (C=O) groups is 1. The number of anilines is 1. The summed E-state index contributed by atoms with van der Waals surface area (Å²) < 4.78 is 5.75. The highest BCUT2D eigenvalue weighted by Crippen LogP contribution is 2.19. The Labute approximate surface area is 136 Å². The highest BCUT2D eigenvalue weighted by molar-refractivity contribution is 7.99. The van der Waals surface area contributed by atoms with Gasteiger partial charge in [-0.05, 0) is 26.0 Å². The molecule has 0 aromatic carbocycles. The van der Waals surface area contributed by atoms with E-state index in [0.29, 0.717) is 5.56 Å². The standard InChI is InChI=1S/C16H23N3O2S/c1-12-10-19(11-13(2)21-12)15-4-3-14(9-17-15)16(20)18-5-7-22-8-6-18/h3-4,9,12-13H,5-8,10-11H2,1-2H3. The largest absolute Gasteiger partial charge is 0.372 e. The van der Waals surface area contributed by atoms with Gasteiger partial charge in [-0.1, -0.05) is 0 Å². The molecule has 2 unspecified atom stereocenters. The van der Waals surface area contributed by atoms with E-state index in [-0.39, 0.29) is 18.1 Å². The first-order valence-corrected chi connectivity index (χ1v) is 9.02. The number of ether oxygens (including phenoxy) is 1. The van der Waals surface area contributed by atoms with Crippen molar-refractivity contribution in [3.05, 3.63) is 23.9 Å². The number of morpholine rings is 1. The fourth-order valence-electron chi connectivity index (χ4n) is 3.01. The van der Waals surface area contributed by atoms with Crippen molar-refractivity contribution in [3.63, 3.8) is 0 Å². The monoisotopic (exact) mass is 321 g/mol. The Morgan fingerprint density at radius 2 is 1.91 bits per heavy atom. The van der Waals surface area contributed by atoms with Crippen molar-refractivity contribution < 1.29 is 9.53 Å². The Morgan fingerprint density at radius 3 is 2.50 bits per heavy atom. The van der Waals surface area contributed by atoms with E-state index in [2.05, 4.69) is 23.7 Å². The maximum Gasteiger partial charge on any atom is 0.255 e. The average Bonchev–Trinajstić information content (AvgIpc) is 2.54. The van der Waals surface area contributed by atoms with Gasteiger partial charge in [0.15, 0.2) is 0 Å². The molecule has 120 valence electrons. The predicted molar refractivity (Wildman–Crippen MR) is 89.7 cm³/mol. The van der Waals surface area contributed by atoms with Gasteiger partial charge in [-0.3, -0.25) is 4.79 Å². The van der Waals surface area contributed by atoms with E-state index in [9.17, 15) is 4.79 Å². The SMILES string of the molecule is CC1CN(c2ccc(C(=O)N3CCSCC3)cn2)CC(C)O1. The van der Waals surface area contributed by atoms with Crippen LogP contribution in [-0.2, 0) is 4.74 Å². The molecule has 1 aromatic heterocycles. The van der Waals surface area contributed by atoms with Crippen molar-refractivity contribution in [1.82, 2.24) is 9.88 Å². The first-order valence-electron chi connectivity index (χ1n) is 7.87. The normalized spacial score (nSPS) is 26.1. The second kappa shape index (κ2) is 6.87. The summed E-state index contributed by atoms with van der Waals surface area (Å²) in [6.45, 7) is 7.51. The highest BCUT2D eigenvalue weighted by atomic mass is 32.2. The van der Waals surface area contributed by atoms with Gasteiger partial charge in [-0.15, -0.1) is 0 Å². The van der Waals surface area contributed by atoms with Gasteiger partial charge < -0.3 is 14.5 Å². The second-order valence-electron chi connectivity index (χ2n) is 5.97. The molecule has 6 heteroatoms. The summed E-state index contributed by atoms with van der Waals surface area (Å²) in [6, 6.07) is 3.86. The molecular formula is C16H23N3O2S. The Hall–Kier alpha value is -1.27. The number of aromatic nitrogens is 1. The van der Waals surface area contributed by atoms with Gasteiger partial charge in [0, 0.05) is 43.9 Å². The molecule has 5 nitrogen and oxygen atoms in total. The van der Waals surface area contributed by atoms with Crippen LogP contribution in [0.4, 0.5) is 5.82 Å². The maximum absolute atomic E-state index is 12.4. The van der Waals surface area contributed by atoms with E-state index in [1.165, 1.54) is 0 Å². The van der Waals surface area contributed by atoms with E-state index >= 15 is 0 Å². The number of hydrogen-bond donors (Lipinski definition) is 0. The van der Waals surface area contributed by atoms with Crippen molar-refractivity contribution in [3.8, 4) is 0 Å². The quantitative estimate of drug-likeness (QED) is 0.832. The molecule has 22 heavy (non-hydrogen) atoms. The number of thioether (sulfide) groups is 1. The zero-order valence-electron chi connectivity index (χ0n) is 13.2. The molecule has 3 rings (SSSR count). The van der Waals surface area contributed by atoms with E-state index in [1.807, 2.05) is 28.8 Å². The summed E-state index contributed by atoms with van der Waals surface area (Å²) in [7, 11) is 0. The van der Waals surface area contributed by atoms with E-state index in [4.69, 9.17) is 4.74 Å². The van der Waals surface area contributed by atoms with Gasteiger partial charge in [0.2, 0.25) is 0 Å². The summed E-state index contributed by atoms with van der Waals surface area (Å²) in [5, 5.41) is 0. The number of amides is 1. The minimum absolute atomic E-state index is 0.100. The minimum Gasteiger partial charge on any atom is -0.372 e. The molecule has 3 heterocycles. The molecular weight excluding hydrogens is 298 g/mol. The maximum atomic E-state index is 12.4. The molecule has 0 radical (unpaired) electrons. The third-order valence-corrected chi connectivity index (χ3v) is 4.98. The third-order valence-electron chi connectivity index (χ3n) is 4.04. The smallest absolute Gasteiger partial charge is 0.255 e. The van der Waals surface area contributed by atoms with Crippen molar-refractivity contribution in [2.45, 2.75) is 26.1 Å². The van der Waals surface area contributed by atoms with Crippen LogP contribution in [-0.4, -0.2) is 65.7 Å². The van der Waals surface area contributed by atoms with Gasteiger partial charge in [-0.2, -0.15) is 11.8 Å². The molecule has 2 fully saturated rings. The Kier molecular flexibility index (Phi) is 4.88. The summed E-state index contributed by atoms with van der Waals surface area (Å²) in [6.07, 6.45) is 2.12. The van der Waals surface area contributed by atoms with E-state index in [1.54, 1.807) is 6.20 Å². The first kappa shape index (κ1) is 15.6. The Morgan fingerprint density at radius 1 is 1.23 bits per heavy atom. The lowest BCUT2D eigenvalue weighted by Gasteiger charge is -2.36. The topological polar surface area (TPSA) is 45.7 Å². The molecule has 0 saturated carbocycles. The summed E-state index contributed by atoms with van der Waals surface area (Å²) in [4.78, 5) is 21.1. The molecule has 0 spiro atoms. The van der Waals surface area contributed by atoms with Crippen molar-refractivity contribution in [2.75, 3.05) is 42.6 Å². The van der Waals surface area contributed by atoms with Crippen LogP contribution in [0.3, 0.4) is 0 Å². The van der Waals surface area contributed by atoms with Crippen molar-refractivity contribution in [2.24, 2.45) is 0 Å².